The van der Waals surface area contributed by atoms with Crippen molar-refractivity contribution < 1.29 is 13.2 Å². The van der Waals surface area contributed by atoms with Gasteiger partial charge in [-0.1, -0.05) is 12.5 Å². The summed E-state index contributed by atoms with van der Waals surface area (Å²) in [5.41, 5.74) is 1.72. The summed E-state index contributed by atoms with van der Waals surface area (Å²) in [6.07, 6.45) is 1.73. The molecule has 1 aliphatic heterocycles. The van der Waals surface area contributed by atoms with Crippen molar-refractivity contribution in [2.75, 3.05) is 11.1 Å². The van der Waals surface area contributed by atoms with Crippen molar-refractivity contribution in [3.63, 3.8) is 0 Å². The van der Waals surface area contributed by atoms with Gasteiger partial charge in [-0.15, -0.1) is 0 Å². The largest absolute Gasteiger partial charge is 0.325 e. The van der Waals surface area contributed by atoms with Crippen LogP contribution in [0.15, 0.2) is 18.2 Å². The van der Waals surface area contributed by atoms with Gasteiger partial charge in [0.05, 0.1) is 17.4 Å². The van der Waals surface area contributed by atoms with Crippen LogP contribution in [0.5, 0.6) is 0 Å². The number of carbonyl (C=O) groups is 1. The highest BCUT2D eigenvalue weighted by molar-refractivity contribution is 7.92. The molecule has 0 radical (unpaired) electrons. The van der Waals surface area contributed by atoms with Gasteiger partial charge >= 0.3 is 0 Å². The Balaban J connectivity index is 2.22. The van der Waals surface area contributed by atoms with Gasteiger partial charge in [-0.05, 0) is 37.5 Å². The molecular formula is C14H16N2O3S. The molecule has 6 heteroatoms. The van der Waals surface area contributed by atoms with Gasteiger partial charge in [0, 0.05) is 5.69 Å². The number of hydrogen-bond donors (Lipinski definition) is 1. The lowest BCUT2D eigenvalue weighted by Crippen LogP contribution is -2.39. The van der Waals surface area contributed by atoms with Gasteiger partial charge in [0.15, 0.2) is 9.84 Å². The van der Waals surface area contributed by atoms with E-state index >= 15 is 0 Å². The van der Waals surface area contributed by atoms with Crippen molar-refractivity contribution in [1.82, 2.24) is 0 Å². The standard InChI is InChI=1S/C14H16N2O3S/c1-10-5-6-11(9-15)8-12(10)16-14(17)13-4-2-3-7-20(13,18)19/h5-6,8,13H,2-4,7H2,1H3,(H,16,17). The topological polar surface area (TPSA) is 87.0 Å². The number of nitrogens with one attached hydrogen (secondary N) is 1. The Labute approximate surface area is 118 Å². The third-order valence-electron chi connectivity index (χ3n) is 3.50. The molecule has 1 aromatic rings. The summed E-state index contributed by atoms with van der Waals surface area (Å²) >= 11 is 0. The molecular weight excluding hydrogens is 276 g/mol. The van der Waals surface area contributed by atoms with Crippen LogP contribution < -0.4 is 5.32 Å². The predicted molar refractivity (Wildman–Crippen MR) is 75.9 cm³/mol. The molecule has 1 heterocycles. The van der Waals surface area contributed by atoms with E-state index in [1.165, 1.54) is 0 Å². The number of aryl methyl sites for hydroxylation is 1. The number of amides is 1. The summed E-state index contributed by atoms with van der Waals surface area (Å²) in [6.45, 7) is 1.80. The summed E-state index contributed by atoms with van der Waals surface area (Å²) in [5.74, 6) is -0.426. The Morgan fingerprint density at radius 1 is 1.40 bits per heavy atom. The van der Waals surface area contributed by atoms with E-state index in [0.29, 0.717) is 24.1 Å². The van der Waals surface area contributed by atoms with E-state index in [1.807, 2.05) is 6.07 Å². The molecule has 0 aromatic heterocycles. The van der Waals surface area contributed by atoms with Crippen molar-refractivity contribution in [2.24, 2.45) is 0 Å². The van der Waals surface area contributed by atoms with Crippen LogP contribution >= 0.6 is 0 Å². The molecule has 0 bridgehead atoms. The molecule has 2 rings (SSSR count). The Bertz CT molecular complexity index is 674. The van der Waals surface area contributed by atoms with Crippen molar-refractivity contribution in [1.29, 1.82) is 5.26 Å². The van der Waals surface area contributed by atoms with Crippen molar-refractivity contribution in [2.45, 2.75) is 31.4 Å². The van der Waals surface area contributed by atoms with Crippen LogP contribution in [0.1, 0.15) is 30.4 Å². The molecule has 1 unspecified atom stereocenters. The van der Waals surface area contributed by atoms with Crippen LogP contribution in [0.25, 0.3) is 0 Å². The molecule has 1 aliphatic rings. The van der Waals surface area contributed by atoms with E-state index in [4.69, 9.17) is 5.26 Å². The summed E-state index contributed by atoms with van der Waals surface area (Å²) in [6, 6.07) is 6.93. The molecule has 20 heavy (non-hydrogen) atoms. The molecule has 1 aromatic carbocycles. The molecule has 1 amide bonds. The zero-order chi connectivity index (χ0) is 14.8. The third-order valence-corrected chi connectivity index (χ3v) is 5.67. The molecule has 1 saturated heterocycles. The zero-order valence-corrected chi connectivity index (χ0v) is 12.0. The second kappa shape index (κ2) is 5.63. The lowest BCUT2D eigenvalue weighted by molar-refractivity contribution is -0.116. The molecule has 0 saturated carbocycles. The molecule has 0 spiro atoms. The minimum Gasteiger partial charge on any atom is -0.325 e. The van der Waals surface area contributed by atoms with Gasteiger partial charge in [0.2, 0.25) is 5.91 Å². The van der Waals surface area contributed by atoms with Crippen molar-refractivity contribution in [3.8, 4) is 6.07 Å². The van der Waals surface area contributed by atoms with E-state index in [-0.39, 0.29) is 5.75 Å². The predicted octanol–water partition coefficient (Wildman–Crippen LogP) is 1.77. The molecule has 5 nitrogen and oxygen atoms in total. The Morgan fingerprint density at radius 2 is 2.15 bits per heavy atom. The van der Waals surface area contributed by atoms with Gasteiger partial charge in [0.25, 0.3) is 0 Å². The lowest BCUT2D eigenvalue weighted by atomic mass is 10.1. The highest BCUT2D eigenvalue weighted by Gasteiger charge is 2.34. The summed E-state index contributed by atoms with van der Waals surface area (Å²) in [7, 11) is -3.35. The fourth-order valence-electron chi connectivity index (χ4n) is 2.29. The number of benzene rings is 1. The number of carbonyl (C=O) groups excluding carboxylic acids is 1. The maximum Gasteiger partial charge on any atom is 0.242 e. The average Bonchev–Trinajstić information content (AvgIpc) is 2.40. The lowest BCUT2D eigenvalue weighted by Gasteiger charge is -2.21. The van der Waals surface area contributed by atoms with Crippen LogP contribution in [0.3, 0.4) is 0 Å². The fourth-order valence-corrected chi connectivity index (χ4v) is 4.09. The highest BCUT2D eigenvalue weighted by Crippen LogP contribution is 2.23. The van der Waals surface area contributed by atoms with E-state index in [2.05, 4.69) is 5.32 Å². The number of nitrogens with zero attached hydrogens (tertiary/aromatic N) is 1. The summed E-state index contributed by atoms with van der Waals surface area (Å²) in [5, 5.41) is 10.5. The van der Waals surface area contributed by atoms with Crippen molar-refractivity contribution in [3.05, 3.63) is 29.3 Å². The summed E-state index contributed by atoms with van der Waals surface area (Å²) < 4.78 is 23.8. The smallest absolute Gasteiger partial charge is 0.242 e. The second-order valence-electron chi connectivity index (χ2n) is 4.98. The number of sulfone groups is 1. The minimum absolute atomic E-state index is 0.0717. The van der Waals surface area contributed by atoms with Gasteiger partial charge < -0.3 is 5.32 Å². The van der Waals surface area contributed by atoms with Crippen molar-refractivity contribution >= 4 is 21.4 Å². The number of hydrogen-bond acceptors (Lipinski definition) is 4. The monoisotopic (exact) mass is 292 g/mol. The van der Waals surface area contributed by atoms with Crippen LogP contribution in [0, 0.1) is 18.3 Å². The third kappa shape index (κ3) is 2.99. The Hall–Kier alpha value is -1.87. The van der Waals surface area contributed by atoms with Crippen LogP contribution in [-0.4, -0.2) is 25.3 Å². The quantitative estimate of drug-likeness (QED) is 0.900. The fraction of sp³-hybridized carbons (Fsp3) is 0.429. The van der Waals surface area contributed by atoms with Crippen LogP contribution in [0.2, 0.25) is 0 Å². The molecule has 106 valence electrons. The SMILES string of the molecule is Cc1ccc(C#N)cc1NC(=O)C1CCCCS1(=O)=O. The minimum atomic E-state index is -3.35. The summed E-state index contributed by atoms with van der Waals surface area (Å²) in [4.78, 5) is 12.2. The average molecular weight is 292 g/mol. The number of rotatable bonds is 2. The molecule has 1 atom stereocenters. The first-order valence-electron chi connectivity index (χ1n) is 6.47. The van der Waals surface area contributed by atoms with Crippen LogP contribution in [-0.2, 0) is 14.6 Å². The number of anilines is 1. The van der Waals surface area contributed by atoms with E-state index < -0.39 is 21.0 Å². The normalized spacial score (nSPS) is 20.9. The molecule has 1 fully saturated rings. The first kappa shape index (κ1) is 14.5. The van der Waals surface area contributed by atoms with Gasteiger partial charge in [0.1, 0.15) is 5.25 Å². The Morgan fingerprint density at radius 3 is 2.80 bits per heavy atom. The second-order valence-corrected chi connectivity index (χ2v) is 7.29. The van der Waals surface area contributed by atoms with Crippen LogP contribution in [0.4, 0.5) is 5.69 Å². The zero-order valence-electron chi connectivity index (χ0n) is 11.2. The van der Waals surface area contributed by atoms with Gasteiger partial charge in [-0.25, -0.2) is 8.42 Å². The maximum atomic E-state index is 12.2. The molecule has 1 N–H and O–H groups in total. The van der Waals surface area contributed by atoms with E-state index in [0.717, 1.165) is 12.0 Å². The number of nitriles is 1. The van der Waals surface area contributed by atoms with E-state index in [9.17, 15) is 13.2 Å². The maximum absolute atomic E-state index is 12.2. The van der Waals surface area contributed by atoms with E-state index in [1.54, 1.807) is 25.1 Å². The first-order valence-corrected chi connectivity index (χ1v) is 8.19. The van der Waals surface area contributed by atoms with Gasteiger partial charge in [-0.2, -0.15) is 5.26 Å². The first-order chi connectivity index (χ1) is 9.44. The highest BCUT2D eigenvalue weighted by atomic mass is 32.2. The Kier molecular flexibility index (Phi) is 4.09. The van der Waals surface area contributed by atoms with Gasteiger partial charge in [-0.3, -0.25) is 4.79 Å². The molecule has 0 aliphatic carbocycles.